The molecule has 1 N–H and O–H groups in total. The van der Waals surface area contributed by atoms with Crippen molar-refractivity contribution in [3.05, 3.63) is 17.5 Å². The lowest BCUT2D eigenvalue weighted by Gasteiger charge is -2.52. The lowest BCUT2D eigenvalue weighted by Crippen LogP contribution is -2.52. The fourth-order valence-electron chi connectivity index (χ4n) is 6.89. The second kappa shape index (κ2) is 12.8. The minimum absolute atomic E-state index is 0.0200. The molecule has 2 heterocycles. The van der Waals surface area contributed by atoms with E-state index in [4.69, 9.17) is 14.3 Å². The number of rotatable bonds is 9. The second-order valence-corrected chi connectivity index (χ2v) is 19.3. The van der Waals surface area contributed by atoms with Gasteiger partial charge in [-0.05, 0) is 82.0 Å². The highest BCUT2D eigenvalue weighted by Crippen LogP contribution is 2.55. The summed E-state index contributed by atoms with van der Waals surface area (Å²) in [6, 6.07) is 0. The summed E-state index contributed by atoms with van der Waals surface area (Å²) in [5.41, 5.74) is 2.76. The minimum Gasteiger partial charge on any atom is -0.465 e. The number of aromatic nitrogens is 2. The molecular formula is C31H56N4O4Si. The van der Waals surface area contributed by atoms with E-state index in [0.717, 1.165) is 45.3 Å². The van der Waals surface area contributed by atoms with Crippen LogP contribution in [0.3, 0.4) is 0 Å². The molecule has 3 unspecified atom stereocenters. The summed E-state index contributed by atoms with van der Waals surface area (Å²) in [4.78, 5) is 14.9. The SMILES string of the molecule is CN(CCN(C)C(=O)O)Cc1cn(C2CCCCO2)nc1C1CCC(O[Si](C)(C)C(C)(C)C)C2(CCCCC2)C1. The molecular weight excluding hydrogens is 520 g/mol. The van der Waals surface area contributed by atoms with Crippen LogP contribution in [0, 0.1) is 5.41 Å². The third kappa shape index (κ3) is 7.31. The van der Waals surface area contributed by atoms with Gasteiger partial charge in [-0.25, -0.2) is 9.48 Å². The molecule has 0 bridgehead atoms. The van der Waals surface area contributed by atoms with E-state index in [-0.39, 0.29) is 16.7 Å². The minimum atomic E-state index is -1.87. The molecule has 1 aliphatic heterocycles. The van der Waals surface area contributed by atoms with E-state index in [1.807, 2.05) is 0 Å². The molecule has 0 radical (unpaired) electrons. The highest BCUT2D eigenvalue weighted by atomic mass is 28.4. The van der Waals surface area contributed by atoms with Crippen molar-refractivity contribution in [2.24, 2.45) is 5.41 Å². The lowest BCUT2D eigenvalue weighted by molar-refractivity contribution is -0.0420. The number of carboxylic acid groups (broad SMARTS) is 1. The molecule has 228 valence electrons. The third-order valence-corrected chi connectivity index (χ3v) is 15.0. The Morgan fingerprint density at radius 2 is 1.85 bits per heavy atom. The topological polar surface area (TPSA) is 80.1 Å². The summed E-state index contributed by atoms with van der Waals surface area (Å²) in [5.74, 6) is 0.423. The molecule has 3 atom stereocenters. The first-order chi connectivity index (χ1) is 18.8. The Labute approximate surface area is 243 Å². The van der Waals surface area contributed by atoms with Crippen LogP contribution in [0.4, 0.5) is 4.79 Å². The molecule has 1 amide bonds. The van der Waals surface area contributed by atoms with E-state index < -0.39 is 14.4 Å². The maximum absolute atomic E-state index is 11.3. The largest absolute Gasteiger partial charge is 0.465 e. The number of ether oxygens (including phenoxy) is 1. The summed E-state index contributed by atoms with van der Waals surface area (Å²) in [7, 11) is 1.85. The molecule has 9 heteroatoms. The van der Waals surface area contributed by atoms with Crippen molar-refractivity contribution in [1.82, 2.24) is 19.6 Å². The van der Waals surface area contributed by atoms with Crippen molar-refractivity contribution in [3.8, 4) is 0 Å². The van der Waals surface area contributed by atoms with Crippen molar-refractivity contribution in [3.63, 3.8) is 0 Å². The first-order valence-corrected chi connectivity index (χ1v) is 18.7. The molecule has 3 fully saturated rings. The fourth-order valence-corrected chi connectivity index (χ4v) is 8.32. The maximum atomic E-state index is 11.3. The van der Waals surface area contributed by atoms with Crippen LogP contribution in [0.15, 0.2) is 6.20 Å². The smallest absolute Gasteiger partial charge is 0.407 e. The molecule has 1 aromatic rings. The van der Waals surface area contributed by atoms with Crippen LogP contribution in [0.2, 0.25) is 18.1 Å². The number of likely N-dealkylation sites (N-methyl/N-ethyl adjacent to an activating group) is 2. The lowest BCUT2D eigenvalue weighted by atomic mass is 9.60. The van der Waals surface area contributed by atoms with E-state index >= 15 is 0 Å². The van der Waals surface area contributed by atoms with E-state index in [1.54, 1.807) is 7.05 Å². The first kappa shape index (κ1) is 31.5. The molecule has 3 aliphatic rings. The predicted octanol–water partition coefficient (Wildman–Crippen LogP) is 7.23. The van der Waals surface area contributed by atoms with E-state index in [1.165, 1.54) is 54.7 Å². The summed E-state index contributed by atoms with van der Waals surface area (Å²) < 4.78 is 15.5. The van der Waals surface area contributed by atoms with Gasteiger partial charge in [-0.3, -0.25) is 0 Å². The third-order valence-electron chi connectivity index (χ3n) is 10.5. The van der Waals surface area contributed by atoms with E-state index in [2.05, 4.69) is 56.7 Å². The number of hydrogen-bond acceptors (Lipinski definition) is 5. The molecule has 2 aliphatic carbocycles. The number of nitrogens with zero attached hydrogens (tertiary/aromatic N) is 4. The van der Waals surface area contributed by atoms with E-state index in [0.29, 0.717) is 25.1 Å². The van der Waals surface area contributed by atoms with Gasteiger partial charge in [-0.2, -0.15) is 5.10 Å². The van der Waals surface area contributed by atoms with Crippen LogP contribution in [-0.4, -0.2) is 79.0 Å². The molecule has 0 aromatic carbocycles. The number of amides is 1. The molecule has 2 saturated carbocycles. The monoisotopic (exact) mass is 576 g/mol. The Morgan fingerprint density at radius 3 is 2.48 bits per heavy atom. The predicted molar refractivity (Wildman–Crippen MR) is 162 cm³/mol. The van der Waals surface area contributed by atoms with Gasteiger partial charge < -0.3 is 24.1 Å². The van der Waals surface area contributed by atoms with E-state index in [9.17, 15) is 9.90 Å². The molecule has 1 aromatic heterocycles. The Morgan fingerprint density at radius 1 is 1.12 bits per heavy atom. The normalized spacial score (nSPS) is 25.9. The Hall–Kier alpha value is -1.42. The average molecular weight is 577 g/mol. The van der Waals surface area contributed by atoms with Crippen molar-refractivity contribution in [2.75, 3.05) is 33.8 Å². The zero-order valence-corrected chi connectivity index (χ0v) is 27.4. The van der Waals surface area contributed by atoms with Crippen molar-refractivity contribution < 1.29 is 19.1 Å². The van der Waals surface area contributed by atoms with Gasteiger partial charge in [0.2, 0.25) is 0 Å². The Bertz CT molecular complexity index is 978. The molecule has 40 heavy (non-hydrogen) atoms. The summed E-state index contributed by atoms with van der Waals surface area (Å²) in [5, 5.41) is 14.8. The van der Waals surface area contributed by atoms with Crippen LogP contribution >= 0.6 is 0 Å². The van der Waals surface area contributed by atoms with Gasteiger partial charge in [-0.1, -0.05) is 40.0 Å². The second-order valence-electron chi connectivity index (χ2n) is 14.6. The van der Waals surface area contributed by atoms with Crippen molar-refractivity contribution in [2.45, 2.75) is 134 Å². The highest BCUT2D eigenvalue weighted by molar-refractivity contribution is 6.74. The summed E-state index contributed by atoms with van der Waals surface area (Å²) in [6.07, 6.45) is 14.9. The number of hydrogen-bond donors (Lipinski definition) is 1. The molecule has 8 nitrogen and oxygen atoms in total. The van der Waals surface area contributed by atoms with Crippen molar-refractivity contribution >= 4 is 14.4 Å². The summed E-state index contributed by atoms with van der Waals surface area (Å²) >= 11 is 0. The van der Waals surface area contributed by atoms with Gasteiger partial charge in [-0.15, -0.1) is 0 Å². The Kier molecular flexibility index (Phi) is 10.1. The van der Waals surface area contributed by atoms with Crippen LogP contribution in [0.25, 0.3) is 0 Å². The quantitative estimate of drug-likeness (QED) is 0.312. The average Bonchev–Trinajstić information content (AvgIpc) is 3.32. The van der Waals surface area contributed by atoms with Crippen LogP contribution in [-0.2, 0) is 15.7 Å². The fraction of sp³-hybridized carbons (Fsp3) is 0.871. The Balaban J connectivity index is 1.58. The summed E-state index contributed by atoms with van der Waals surface area (Å²) in [6.45, 7) is 14.6. The zero-order valence-electron chi connectivity index (χ0n) is 26.4. The van der Waals surface area contributed by atoms with Crippen LogP contribution < -0.4 is 0 Å². The molecule has 1 saturated heterocycles. The van der Waals surface area contributed by atoms with Gasteiger partial charge in [0, 0.05) is 51.0 Å². The molecule has 1 spiro atoms. The van der Waals surface area contributed by atoms with Gasteiger partial charge in [0.15, 0.2) is 8.32 Å². The zero-order chi connectivity index (χ0) is 29.1. The van der Waals surface area contributed by atoms with Gasteiger partial charge in [0.05, 0.1) is 11.8 Å². The van der Waals surface area contributed by atoms with Gasteiger partial charge in [0.25, 0.3) is 0 Å². The molecule has 4 rings (SSSR count). The van der Waals surface area contributed by atoms with Crippen molar-refractivity contribution in [1.29, 1.82) is 0 Å². The van der Waals surface area contributed by atoms with Crippen LogP contribution in [0.1, 0.15) is 115 Å². The van der Waals surface area contributed by atoms with Crippen LogP contribution in [0.5, 0.6) is 0 Å². The van der Waals surface area contributed by atoms with Gasteiger partial charge in [0.1, 0.15) is 6.23 Å². The standard InChI is InChI=1S/C31H56N4O4Si/c1-30(2,3)40(6,7)39-26-15-14-24(21-31(26)16-10-8-11-17-31)28-25(22-33(4)18-19-34(5)29(36)37)23-35(32-28)27-13-9-12-20-38-27/h23-24,26-27H,8-22H2,1-7H3,(H,36,37). The van der Waals surface area contributed by atoms with Gasteiger partial charge >= 0.3 is 6.09 Å². The highest BCUT2D eigenvalue weighted by Gasteiger charge is 2.50. The number of carbonyl (C=O) groups is 1. The maximum Gasteiger partial charge on any atom is 0.407 e. The first-order valence-electron chi connectivity index (χ1n) is 15.8.